The molecule has 2 rings (SSSR count). The summed E-state index contributed by atoms with van der Waals surface area (Å²) in [5, 5.41) is 0. The Bertz CT molecular complexity index is 853. The van der Waals surface area contributed by atoms with E-state index in [9.17, 15) is 13.2 Å². The van der Waals surface area contributed by atoms with Crippen molar-refractivity contribution in [2.24, 2.45) is 0 Å². The fourth-order valence-corrected chi connectivity index (χ4v) is 4.10. The first kappa shape index (κ1) is 18.1. The van der Waals surface area contributed by atoms with E-state index in [0.29, 0.717) is 17.1 Å². The SMILES string of the molecule is CCOC(=O)c1c(C)[nH]c(C)c1S(=O)(=O)Nc1cccc(CC)c1. The Morgan fingerprint density at radius 1 is 1.21 bits per heavy atom. The number of nitrogens with one attached hydrogen (secondary N) is 2. The average molecular weight is 350 g/mol. The Morgan fingerprint density at radius 2 is 1.92 bits per heavy atom. The van der Waals surface area contributed by atoms with E-state index < -0.39 is 16.0 Å². The van der Waals surface area contributed by atoms with Gasteiger partial charge in [0.05, 0.1) is 6.61 Å². The first-order chi connectivity index (χ1) is 11.3. The Kier molecular flexibility index (Phi) is 5.33. The lowest BCUT2D eigenvalue weighted by Gasteiger charge is -2.11. The first-order valence-corrected chi connectivity index (χ1v) is 9.26. The molecule has 0 aliphatic rings. The van der Waals surface area contributed by atoms with Crippen LogP contribution in [0.15, 0.2) is 29.2 Å². The number of sulfonamides is 1. The van der Waals surface area contributed by atoms with Gasteiger partial charge in [-0.1, -0.05) is 19.1 Å². The van der Waals surface area contributed by atoms with Crippen molar-refractivity contribution in [1.82, 2.24) is 4.98 Å². The Morgan fingerprint density at radius 3 is 2.54 bits per heavy atom. The zero-order chi connectivity index (χ0) is 17.9. The molecule has 1 aromatic heterocycles. The summed E-state index contributed by atoms with van der Waals surface area (Å²) >= 11 is 0. The maximum Gasteiger partial charge on any atom is 0.341 e. The van der Waals surface area contributed by atoms with E-state index in [0.717, 1.165) is 12.0 Å². The highest BCUT2D eigenvalue weighted by Crippen LogP contribution is 2.27. The molecule has 0 unspecified atom stereocenters. The third-order valence-corrected chi connectivity index (χ3v) is 5.21. The number of esters is 1. The van der Waals surface area contributed by atoms with Gasteiger partial charge in [-0.2, -0.15) is 0 Å². The van der Waals surface area contributed by atoms with Crippen molar-refractivity contribution in [3.05, 3.63) is 46.8 Å². The van der Waals surface area contributed by atoms with E-state index >= 15 is 0 Å². The maximum absolute atomic E-state index is 12.8. The number of aromatic nitrogens is 1. The Labute approximate surface area is 142 Å². The monoisotopic (exact) mass is 350 g/mol. The molecule has 24 heavy (non-hydrogen) atoms. The fourth-order valence-electron chi connectivity index (χ4n) is 2.60. The lowest BCUT2D eigenvalue weighted by Crippen LogP contribution is -2.18. The van der Waals surface area contributed by atoms with Gasteiger partial charge in [-0.05, 0) is 44.9 Å². The van der Waals surface area contributed by atoms with Gasteiger partial charge in [-0.3, -0.25) is 4.72 Å². The zero-order valence-electron chi connectivity index (χ0n) is 14.3. The van der Waals surface area contributed by atoms with E-state index in [-0.39, 0.29) is 17.1 Å². The molecule has 130 valence electrons. The quantitative estimate of drug-likeness (QED) is 0.783. The summed E-state index contributed by atoms with van der Waals surface area (Å²) in [6.07, 6.45) is 0.798. The van der Waals surface area contributed by atoms with Crippen LogP contribution in [-0.2, 0) is 21.2 Å². The van der Waals surface area contributed by atoms with Gasteiger partial charge in [-0.25, -0.2) is 13.2 Å². The summed E-state index contributed by atoms with van der Waals surface area (Å²) in [4.78, 5) is 15.0. The summed E-state index contributed by atoms with van der Waals surface area (Å²) in [5.41, 5.74) is 2.39. The number of ether oxygens (including phenoxy) is 1. The molecular weight excluding hydrogens is 328 g/mol. The van der Waals surface area contributed by atoms with Crippen LogP contribution < -0.4 is 4.72 Å². The number of aryl methyl sites for hydroxylation is 3. The minimum Gasteiger partial charge on any atom is -0.462 e. The second kappa shape index (κ2) is 7.09. The van der Waals surface area contributed by atoms with Gasteiger partial charge in [-0.15, -0.1) is 0 Å². The molecule has 0 radical (unpaired) electrons. The van der Waals surface area contributed by atoms with Gasteiger partial charge in [0.1, 0.15) is 10.5 Å². The van der Waals surface area contributed by atoms with Crippen LogP contribution in [-0.4, -0.2) is 26.0 Å². The first-order valence-electron chi connectivity index (χ1n) is 7.78. The molecule has 0 fully saturated rings. The minimum atomic E-state index is -3.92. The third-order valence-electron chi connectivity index (χ3n) is 3.65. The van der Waals surface area contributed by atoms with Crippen molar-refractivity contribution < 1.29 is 17.9 Å². The molecule has 0 saturated carbocycles. The van der Waals surface area contributed by atoms with Crippen LogP contribution in [0.3, 0.4) is 0 Å². The normalized spacial score (nSPS) is 11.3. The number of carbonyl (C=O) groups is 1. The molecule has 0 aliphatic carbocycles. The lowest BCUT2D eigenvalue weighted by atomic mass is 10.1. The molecule has 1 heterocycles. The third kappa shape index (κ3) is 3.62. The van der Waals surface area contributed by atoms with Crippen molar-refractivity contribution in [2.45, 2.75) is 39.0 Å². The Hall–Kier alpha value is -2.28. The van der Waals surface area contributed by atoms with Crippen LogP contribution in [0, 0.1) is 13.8 Å². The van der Waals surface area contributed by atoms with E-state index in [1.165, 1.54) is 0 Å². The number of rotatable bonds is 6. The number of benzene rings is 1. The smallest absolute Gasteiger partial charge is 0.341 e. The van der Waals surface area contributed by atoms with Gasteiger partial charge >= 0.3 is 5.97 Å². The van der Waals surface area contributed by atoms with Gasteiger partial charge in [0.2, 0.25) is 0 Å². The maximum atomic E-state index is 12.8. The summed E-state index contributed by atoms with van der Waals surface area (Å²) in [6, 6.07) is 7.16. The molecule has 0 amide bonds. The van der Waals surface area contributed by atoms with Crippen LogP contribution in [0.1, 0.15) is 41.2 Å². The van der Waals surface area contributed by atoms with Crippen LogP contribution in [0.4, 0.5) is 5.69 Å². The molecule has 0 saturated heterocycles. The number of H-pyrrole nitrogens is 1. The molecule has 1 aromatic carbocycles. The molecule has 0 aliphatic heterocycles. The van der Waals surface area contributed by atoms with Crippen molar-refractivity contribution in [3.8, 4) is 0 Å². The number of aromatic amines is 1. The topological polar surface area (TPSA) is 88.3 Å². The highest BCUT2D eigenvalue weighted by Gasteiger charge is 2.30. The standard InChI is InChI=1S/C17H22N2O4S/c1-5-13-8-7-9-14(10-13)19-24(21,22)16-12(4)18-11(3)15(16)17(20)23-6-2/h7-10,18-19H,5-6H2,1-4H3. The van der Waals surface area contributed by atoms with Crippen LogP contribution >= 0.6 is 0 Å². The zero-order valence-corrected chi connectivity index (χ0v) is 15.1. The predicted octanol–water partition coefficient (Wildman–Crippen LogP) is 3.17. The average Bonchev–Trinajstić information content (AvgIpc) is 2.82. The fraction of sp³-hybridized carbons (Fsp3) is 0.353. The molecule has 6 nitrogen and oxygen atoms in total. The number of hydrogen-bond donors (Lipinski definition) is 2. The summed E-state index contributed by atoms with van der Waals surface area (Å²) < 4.78 is 33.2. The second-order valence-electron chi connectivity index (χ2n) is 5.46. The highest BCUT2D eigenvalue weighted by atomic mass is 32.2. The molecule has 0 atom stereocenters. The second-order valence-corrected chi connectivity index (χ2v) is 7.08. The summed E-state index contributed by atoms with van der Waals surface area (Å²) in [5.74, 6) is -0.651. The van der Waals surface area contributed by atoms with Gasteiger partial charge in [0.15, 0.2) is 0 Å². The highest BCUT2D eigenvalue weighted by molar-refractivity contribution is 7.92. The summed E-state index contributed by atoms with van der Waals surface area (Å²) in [6.45, 7) is 7.11. The van der Waals surface area contributed by atoms with Crippen LogP contribution in [0.2, 0.25) is 0 Å². The lowest BCUT2D eigenvalue weighted by molar-refractivity contribution is 0.0521. The molecule has 2 aromatic rings. The minimum absolute atomic E-state index is 0.0495. The van der Waals surface area contributed by atoms with Crippen LogP contribution in [0.5, 0.6) is 0 Å². The molecular formula is C17H22N2O4S. The molecule has 2 N–H and O–H groups in total. The van der Waals surface area contributed by atoms with E-state index in [1.807, 2.05) is 13.0 Å². The molecule has 0 bridgehead atoms. The van der Waals surface area contributed by atoms with Crippen molar-refractivity contribution >= 4 is 21.7 Å². The van der Waals surface area contributed by atoms with Crippen molar-refractivity contribution in [2.75, 3.05) is 11.3 Å². The van der Waals surface area contributed by atoms with Gasteiger partial charge in [0, 0.05) is 17.1 Å². The van der Waals surface area contributed by atoms with E-state index in [2.05, 4.69) is 9.71 Å². The van der Waals surface area contributed by atoms with E-state index in [4.69, 9.17) is 4.74 Å². The van der Waals surface area contributed by atoms with E-state index in [1.54, 1.807) is 39.0 Å². The van der Waals surface area contributed by atoms with Gasteiger partial charge in [0.25, 0.3) is 10.0 Å². The molecule has 0 spiro atoms. The number of carbonyl (C=O) groups excluding carboxylic acids is 1. The predicted molar refractivity (Wildman–Crippen MR) is 92.9 cm³/mol. The number of anilines is 1. The Balaban J connectivity index is 2.47. The van der Waals surface area contributed by atoms with Crippen molar-refractivity contribution in [3.63, 3.8) is 0 Å². The number of hydrogen-bond acceptors (Lipinski definition) is 4. The van der Waals surface area contributed by atoms with Gasteiger partial charge < -0.3 is 9.72 Å². The summed E-state index contributed by atoms with van der Waals surface area (Å²) in [7, 11) is -3.92. The van der Waals surface area contributed by atoms with Crippen molar-refractivity contribution in [1.29, 1.82) is 0 Å². The largest absolute Gasteiger partial charge is 0.462 e. The van der Waals surface area contributed by atoms with Crippen LogP contribution in [0.25, 0.3) is 0 Å². The molecule has 7 heteroatoms.